The van der Waals surface area contributed by atoms with Crippen LogP contribution in [0.3, 0.4) is 0 Å². The van der Waals surface area contributed by atoms with Crippen LogP contribution >= 0.6 is 11.6 Å². The van der Waals surface area contributed by atoms with Crippen molar-refractivity contribution in [2.24, 2.45) is 5.73 Å². The fourth-order valence-corrected chi connectivity index (χ4v) is 3.18. The van der Waals surface area contributed by atoms with Crippen LogP contribution in [0.5, 0.6) is 0 Å². The number of nitrogens with one attached hydrogen (secondary N) is 1. The molecule has 28 heavy (non-hydrogen) atoms. The number of benzene rings is 1. The van der Waals surface area contributed by atoms with Crippen molar-refractivity contribution >= 4 is 24.6 Å². The second-order valence-corrected chi connectivity index (χ2v) is 8.76. The molecule has 156 valence electrons. The molecule has 1 aliphatic heterocycles. The van der Waals surface area contributed by atoms with E-state index < -0.39 is 24.4 Å². The van der Waals surface area contributed by atoms with Gasteiger partial charge in [-0.1, -0.05) is 23.7 Å². The van der Waals surface area contributed by atoms with Crippen LogP contribution in [-0.2, 0) is 25.3 Å². The predicted octanol–water partition coefficient (Wildman–Crippen LogP) is 2.75. The fraction of sp³-hybridized carbons (Fsp3) is 0.650. The van der Waals surface area contributed by atoms with Gasteiger partial charge in [0.05, 0.1) is 23.8 Å². The first kappa shape index (κ1) is 23.2. The molecule has 8 heteroatoms. The molecule has 1 amide bonds. The molecule has 1 saturated heterocycles. The van der Waals surface area contributed by atoms with Gasteiger partial charge in [0.1, 0.15) is 6.04 Å². The molecule has 2 unspecified atom stereocenters. The second-order valence-electron chi connectivity index (χ2n) is 8.32. The van der Waals surface area contributed by atoms with Crippen LogP contribution in [0.25, 0.3) is 0 Å². The third-order valence-corrected chi connectivity index (χ3v) is 5.76. The molecule has 3 N–H and O–H groups in total. The molecule has 1 heterocycles. The van der Waals surface area contributed by atoms with E-state index in [9.17, 15) is 4.79 Å². The first-order valence-electron chi connectivity index (χ1n) is 9.71. The minimum absolute atomic E-state index is 0.159. The molecule has 1 aromatic carbocycles. The van der Waals surface area contributed by atoms with Gasteiger partial charge in [-0.25, -0.2) is 0 Å². The molecular formula is C20H32BClN2O4. The van der Waals surface area contributed by atoms with Gasteiger partial charge in [0.2, 0.25) is 5.91 Å². The number of carbonyl (C=O) groups is 1. The van der Waals surface area contributed by atoms with Crippen molar-refractivity contribution in [1.29, 1.82) is 0 Å². The molecule has 0 bridgehead atoms. The normalized spacial score (nSPS) is 20.0. The number of hydrogen-bond acceptors (Lipinski definition) is 5. The number of nitrogens with two attached hydrogens (primary N) is 1. The van der Waals surface area contributed by atoms with Crippen molar-refractivity contribution in [2.75, 3.05) is 13.7 Å². The summed E-state index contributed by atoms with van der Waals surface area (Å²) in [6.07, 6.45) is 2.42. The SMILES string of the molecule is COCC(N)C(=O)NC(CCCc1ccc(Cl)cc1)B1OC(C)(C)C(C)(C)O1. The minimum atomic E-state index is -0.730. The maximum atomic E-state index is 12.5. The Bertz CT molecular complexity index is 638. The van der Waals surface area contributed by atoms with Crippen LogP contribution in [0.1, 0.15) is 46.1 Å². The highest BCUT2D eigenvalue weighted by molar-refractivity contribution is 6.48. The van der Waals surface area contributed by atoms with Crippen molar-refractivity contribution in [3.8, 4) is 0 Å². The molecule has 0 radical (unpaired) electrons. The van der Waals surface area contributed by atoms with Gasteiger partial charge >= 0.3 is 7.12 Å². The largest absolute Gasteiger partial charge is 0.481 e. The van der Waals surface area contributed by atoms with Gasteiger partial charge in [0.25, 0.3) is 0 Å². The number of hydrogen-bond donors (Lipinski definition) is 2. The van der Waals surface area contributed by atoms with E-state index in [4.69, 9.17) is 31.4 Å². The maximum absolute atomic E-state index is 12.5. The van der Waals surface area contributed by atoms with Crippen molar-refractivity contribution in [2.45, 2.75) is 70.1 Å². The summed E-state index contributed by atoms with van der Waals surface area (Å²) in [5, 5.41) is 3.72. The monoisotopic (exact) mass is 410 g/mol. The van der Waals surface area contributed by atoms with Gasteiger partial charge in [0.15, 0.2) is 0 Å². The lowest BCUT2D eigenvalue weighted by Crippen LogP contribution is -2.53. The van der Waals surface area contributed by atoms with E-state index in [1.165, 1.54) is 12.7 Å². The molecule has 6 nitrogen and oxygen atoms in total. The van der Waals surface area contributed by atoms with Crippen molar-refractivity contribution < 1.29 is 18.8 Å². The topological polar surface area (TPSA) is 82.8 Å². The summed E-state index contributed by atoms with van der Waals surface area (Å²) in [5.41, 5.74) is 6.14. The second kappa shape index (κ2) is 9.59. The third-order valence-electron chi connectivity index (χ3n) is 5.50. The number of halogens is 1. The van der Waals surface area contributed by atoms with Crippen molar-refractivity contribution in [1.82, 2.24) is 5.32 Å². The Morgan fingerprint density at radius 3 is 2.32 bits per heavy atom. The molecule has 0 aliphatic carbocycles. The molecular weight excluding hydrogens is 378 g/mol. The Balaban J connectivity index is 2.03. The summed E-state index contributed by atoms with van der Waals surface area (Å²) in [4.78, 5) is 12.5. The highest BCUT2D eigenvalue weighted by Gasteiger charge is 2.54. The lowest BCUT2D eigenvalue weighted by molar-refractivity contribution is -0.123. The fourth-order valence-electron chi connectivity index (χ4n) is 3.05. The zero-order valence-electron chi connectivity index (χ0n) is 17.5. The van der Waals surface area contributed by atoms with Crippen molar-refractivity contribution in [3.05, 3.63) is 34.9 Å². The van der Waals surface area contributed by atoms with E-state index in [-0.39, 0.29) is 18.5 Å². The van der Waals surface area contributed by atoms with E-state index in [0.29, 0.717) is 6.42 Å². The lowest BCUT2D eigenvalue weighted by Gasteiger charge is -2.32. The zero-order valence-corrected chi connectivity index (χ0v) is 18.2. The highest BCUT2D eigenvalue weighted by Crippen LogP contribution is 2.38. The molecule has 0 saturated carbocycles. The molecule has 1 fully saturated rings. The Morgan fingerprint density at radius 1 is 1.21 bits per heavy atom. The molecule has 1 aromatic rings. The van der Waals surface area contributed by atoms with Crippen LogP contribution < -0.4 is 11.1 Å². The first-order valence-corrected chi connectivity index (χ1v) is 10.1. The first-order chi connectivity index (χ1) is 13.1. The van der Waals surface area contributed by atoms with Gasteiger partial charge in [-0.2, -0.15) is 0 Å². The van der Waals surface area contributed by atoms with Gasteiger partial charge in [0, 0.05) is 12.1 Å². The summed E-state index contributed by atoms with van der Waals surface area (Å²) in [6.45, 7) is 8.14. The van der Waals surface area contributed by atoms with Crippen LogP contribution in [0.2, 0.25) is 5.02 Å². The molecule has 2 rings (SSSR count). The van der Waals surface area contributed by atoms with Gasteiger partial charge in [-0.05, 0) is 64.7 Å². The molecule has 2 atom stereocenters. The number of aryl methyl sites for hydroxylation is 1. The Kier molecular flexibility index (Phi) is 7.93. The maximum Gasteiger partial charge on any atom is 0.481 e. The van der Waals surface area contributed by atoms with E-state index in [2.05, 4.69) is 5.32 Å². The number of methoxy groups -OCH3 is 1. The standard InChI is InChI=1S/C20H32BClN2O4/c1-19(2)20(3,4)28-21(27-19)17(24-18(25)16(23)13-26-5)8-6-7-14-9-11-15(22)12-10-14/h9-12,16-17H,6-8,13,23H2,1-5H3,(H,24,25). The van der Waals surface area contributed by atoms with Crippen LogP contribution in [-0.4, -0.2) is 49.9 Å². The highest BCUT2D eigenvalue weighted by atomic mass is 35.5. The summed E-state index contributed by atoms with van der Waals surface area (Å²) >= 11 is 5.95. The van der Waals surface area contributed by atoms with Crippen molar-refractivity contribution in [3.63, 3.8) is 0 Å². The summed E-state index contributed by atoms with van der Waals surface area (Å²) < 4.78 is 17.3. The van der Waals surface area contributed by atoms with E-state index in [0.717, 1.165) is 17.9 Å². The summed E-state index contributed by atoms with van der Waals surface area (Å²) in [5.74, 6) is -0.572. The smallest absolute Gasteiger partial charge is 0.402 e. The average molecular weight is 411 g/mol. The van der Waals surface area contributed by atoms with E-state index >= 15 is 0 Å². The predicted molar refractivity (Wildman–Crippen MR) is 112 cm³/mol. The molecule has 1 aliphatic rings. The van der Waals surface area contributed by atoms with Gasteiger partial charge in [-0.3, -0.25) is 4.79 Å². The van der Waals surface area contributed by atoms with Crippen LogP contribution in [0, 0.1) is 0 Å². The summed E-state index contributed by atoms with van der Waals surface area (Å²) in [6, 6.07) is 7.06. The number of carbonyl (C=O) groups excluding carboxylic acids is 1. The average Bonchev–Trinajstić information content (AvgIpc) is 2.83. The third kappa shape index (κ3) is 5.94. The lowest BCUT2D eigenvalue weighted by atomic mass is 9.75. The van der Waals surface area contributed by atoms with Crippen LogP contribution in [0.15, 0.2) is 24.3 Å². The molecule has 0 spiro atoms. The van der Waals surface area contributed by atoms with E-state index in [1.807, 2.05) is 52.0 Å². The van der Waals surface area contributed by atoms with Crippen LogP contribution in [0.4, 0.5) is 0 Å². The number of amides is 1. The molecule has 0 aromatic heterocycles. The Morgan fingerprint density at radius 2 is 1.79 bits per heavy atom. The summed E-state index contributed by atoms with van der Waals surface area (Å²) in [7, 11) is 0.985. The van der Waals surface area contributed by atoms with Gasteiger partial charge < -0.3 is 25.1 Å². The quantitative estimate of drug-likeness (QED) is 0.612. The van der Waals surface area contributed by atoms with E-state index in [1.54, 1.807) is 0 Å². The minimum Gasteiger partial charge on any atom is -0.402 e. The number of rotatable bonds is 9. The van der Waals surface area contributed by atoms with Gasteiger partial charge in [-0.15, -0.1) is 0 Å². The zero-order chi connectivity index (χ0) is 20.9. The Labute approximate surface area is 173 Å². The Hall–Kier alpha value is -1.12. The number of ether oxygens (including phenoxy) is 1.